The number of amides is 1. The van der Waals surface area contributed by atoms with E-state index in [9.17, 15) is 9.59 Å². The van der Waals surface area contributed by atoms with Gasteiger partial charge < -0.3 is 5.11 Å². The number of benzene rings is 1. The molecule has 10 heteroatoms. The molecule has 0 spiro atoms. The zero-order chi connectivity index (χ0) is 21.0. The fourth-order valence-corrected chi connectivity index (χ4v) is 5.06. The summed E-state index contributed by atoms with van der Waals surface area (Å²) in [5.74, 6) is -0.518. The van der Waals surface area contributed by atoms with Crippen LogP contribution in [0.4, 0.5) is 0 Å². The number of carboxylic acids is 1. The fourth-order valence-electron chi connectivity index (χ4n) is 2.70. The highest BCUT2D eigenvalue weighted by atomic mass is 35.5. The summed E-state index contributed by atoms with van der Waals surface area (Å²) in [6.07, 6.45) is 2.07. The van der Waals surface area contributed by atoms with Gasteiger partial charge in [0.15, 0.2) is 0 Å². The quantitative estimate of drug-likeness (QED) is 0.349. The second-order valence-electron chi connectivity index (χ2n) is 6.21. The van der Waals surface area contributed by atoms with Crippen molar-refractivity contribution in [3.05, 3.63) is 51.6 Å². The largest absolute Gasteiger partial charge is 0.481 e. The van der Waals surface area contributed by atoms with Crippen LogP contribution in [0.1, 0.15) is 24.1 Å². The number of carbonyl (C=O) groups is 2. The van der Waals surface area contributed by atoms with Crippen LogP contribution in [0.3, 0.4) is 0 Å². The molecule has 1 fully saturated rings. The highest BCUT2D eigenvalue weighted by molar-refractivity contribution is 8.26. The molecule has 1 aliphatic rings. The van der Waals surface area contributed by atoms with Crippen LogP contribution in [0.25, 0.3) is 6.08 Å². The second kappa shape index (κ2) is 9.80. The summed E-state index contributed by atoms with van der Waals surface area (Å²) in [5.41, 5.74) is 1.48. The van der Waals surface area contributed by atoms with E-state index in [4.69, 9.17) is 28.9 Å². The van der Waals surface area contributed by atoms with Gasteiger partial charge in [0.05, 0.1) is 10.6 Å². The average molecular weight is 468 g/mol. The minimum Gasteiger partial charge on any atom is -0.481 e. The van der Waals surface area contributed by atoms with Gasteiger partial charge in [-0.25, -0.2) is 0 Å². The summed E-state index contributed by atoms with van der Waals surface area (Å²) in [6.45, 7) is 0.284. The van der Waals surface area contributed by atoms with Gasteiger partial charge in [0.2, 0.25) is 0 Å². The van der Waals surface area contributed by atoms with E-state index in [1.165, 1.54) is 16.7 Å². The monoisotopic (exact) mass is 467 g/mol. The first kappa shape index (κ1) is 21.9. The first-order valence-electron chi connectivity index (χ1n) is 8.73. The smallest absolute Gasteiger partial charge is 0.303 e. The van der Waals surface area contributed by atoms with Gasteiger partial charge in [-0.2, -0.15) is 5.10 Å². The molecule has 2 heterocycles. The van der Waals surface area contributed by atoms with Crippen LogP contribution in [-0.2, 0) is 22.4 Å². The normalized spacial score (nSPS) is 15.5. The molecule has 6 nitrogen and oxygen atoms in total. The van der Waals surface area contributed by atoms with Crippen molar-refractivity contribution in [3.63, 3.8) is 0 Å². The topological polar surface area (TPSA) is 75.4 Å². The number of hydrogen-bond donors (Lipinski definition) is 1. The Morgan fingerprint density at radius 3 is 2.79 bits per heavy atom. The van der Waals surface area contributed by atoms with Crippen molar-refractivity contribution in [3.8, 4) is 0 Å². The SMILES string of the molecule is Cn1nc(CSc2ccccc2)c(/C=C2/SC(=S)N(CCCC(=O)O)C2=O)c1Cl. The standard InChI is InChI=1S/C19H18ClN3O3S3/c1-22-17(20)13(14(21-22)11-28-12-6-3-2-4-7-12)10-15-18(26)23(19(27)29-15)9-5-8-16(24)25/h2-4,6-7,10H,5,8-9,11H2,1H3,(H,24,25)/b15-10+. The van der Waals surface area contributed by atoms with E-state index in [1.54, 1.807) is 29.6 Å². The predicted molar refractivity (Wildman–Crippen MR) is 121 cm³/mol. The van der Waals surface area contributed by atoms with E-state index in [0.29, 0.717) is 32.1 Å². The summed E-state index contributed by atoms with van der Waals surface area (Å²) in [4.78, 5) is 26.5. The Balaban J connectivity index is 1.78. The summed E-state index contributed by atoms with van der Waals surface area (Å²) in [7, 11) is 1.76. The lowest BCUT2D eigenvalue weighted by Gasteiger charge is -2.13. The number of rotatable bonds is 8. The first-order valence-corrected chi connectivity index (χ1v) is 11.3. The molecule has 0 aliphatic carbocycles. The van der Waals surface area contributed by atoms with Gasteiger partial charge >= 0.3 is 5.97 Å². The molecule has 152 valence electrons. The number of aliphatic carboxylic acids is 1. The van der Waals surface area contributed by atoms with Crippen LogP contribution >= 0.6 is 47.3 Å². The van der Waals surface area contributed by atoms with E-state index >= 15 is 0 Å². The Kier molecular flexibility index (Phi) is 7.39. The number of aromatic nitrogens is 2. The highest BCUT2D eigenvalue weighted by Gasteiger charge is 2.32. The number of hydrogen-bond acceptors (Lipinski definition) is 6. The number of carboxylic acid groups (broad SMARTS) is 1. The molecule has 3 rings (SSSR count). The van der Waals surface area contributed by atoms with Crippen LogP contribution in [-0.4, -0.2) is 42.5 Å². The molecule has 0 bridgehead atoms. The summed E-state index contributed by atoms with van der Waals surface area (Å²) in [5, 5.41) is 13.7. The van der Waals surface area contributed by atoms with Gasteiger partial charge in [-0.05, 0) is 24.6 Å². The molecule has 0 saturated carbocycles. The Bertz CT molecular complexity index is 976. The van der Waals surface area contributed by atoms with Crippen LogP contribution < -0.4 is 0 Å². The number of halogens is 1. The Hall–Kier alpha value is -1.81. The van der Waals surface area contributed by atoms with Crippen molar-refractivity contribution in [2.75, 3.05) is 6.54 Å². The van der Waals surface area contributed by atoms with Gasteiger partial charge in [0.1, 0.15) is 9.47 Å². The van der Waals surface area contributed by atoms with E-state index in [-0.39, 0.29) is 18.9 Å². The zero-order valence-electron chi connectivity index (χ0n) is 15.5. The second-order valence-corrected chi connectivity index (χ2v) is 9.29. The molecule has 1 saturated heterocycles. The van der Waals surface area contributed by atoms with E-state index in [1.807, 2.05) is 30.3 Å². The lowest BCUT2D eigenvalue weighted by atomic mass is 10.2. The lowest BCUT2D eigenvalue weighted by Crippen LogP contribution is -2.29. The van der Waals surface area contributed by atoms with Gasteiger partial charge in [-0.15, -0.1) is 11.8 Å². The van der Waals surface area contributed by atoms with Crippen LogP contribution in [0.2, 0.25) is 5.15 Å². The van der Waals surface area contributed by atoms with Crippen molar-refractivity contribution >= 4 is 69.6 Å². The Morgan fingerprint density at radius 2 is 2.10 bits per heavy atom. The molecule has 1 aromatic carbocycles. The highest BCUT2D eigenvalue weighted by Crippen LogP contribution is 2.36. The maximum Gasteiger partial charge on any atom is 0.303 e. The molecule has 1 aliphatic heterocycles. The number of thioether (sulfide) groups is 2. The van der Waals surface area contributed by atoms with Crippen LogP contribution in [0.15, 0.2) is 40.1 Å². The Labute approximate surface area is 187 Å². The van der Waals surface area contributed by atoms with Gasteiger partial charge in [0, 0.05) is 36.2 Å². The van der Waals surface area contributed by atoms with Crippen molar-refractivity contribution in [2.24, 2.45) is 7.05 Å². The van der Waals surface area contributed by atoms with Crippen molar-refractivity contribution in [1.29, 1.82) is 0 Å². The summed E-state index contributed by atoms with van der Waals surface area (Å²) in [6, 6.07) is 9.97. The molecule has 2 aromatic rings. The minimum atomic E-state index is -0.895. The molecular weight excluding hydrogens is 450 g/mol. The molecule has 0 unspecified atom stereocenters. The number of nitrogens with zero attached hydrogens (tertiary/aromatic N) is 3. The maximum atomic E-state index is 12.7. The van der Waals surface area contributed by atoms with Crippen LogP contribution in [0.5, 0.6) is 0 Å². The third-order valence-corrected chi connectivity index (χ3v) is 6.98. The number of aryl methyl sites for hydroxylation is 1. The molecule has 1 N–H and O–H groups in total. The summed E-state index contributed by atoms with van der Waals surface area (Å²) < 4.78 is 2.01. The average Bonchev–Trinajstić information content (AvgIpc) is 3.11. The third kappa shape index (κ3) is 5.42. The zero-order valence-corrected chi connectivity index (χ0v) is 18.7. The van der Waals surface area contributed by atoms with Gasteiger partial charge in [-0.3, -0.25) is 19.2 Å². The fraction of sp³-hybridized carbons (Fsp3) is 0.263. The third-order valence-electron chi connectivity index (χ3n) is 4.13. The van der Waals surface area contributed by atoms with Crippen molar-refractivity contribution in [1.82, 2.24) is 14.7 Å². The molecule has 1 aromatic heterocycles. The van der Waals surface area contributed by atoms with Crippen LogP contribution in [0, 0.1) is 0 Å². The van der Waals surface area contributed by atoms with Gasteiger partial charge in [0.25, 0.3) is 5.91 Å². The van der Waals surface area contributed by atoms with Crippen molar-refractivity contribution in [2.45, 2.75) is 23.5 Å². The predicted octanol–water partition coefficient (Wildman–Crippen LogP) is 4.43. The number of carbonyl (C=O) groups excluding carboxylic acids is 1. The molecule has 0 radical (unpaired) electrons. The molecular formula is C19H18ClN3O3S3. The minimum absolute atomic E-state index is 0.00853. The number of thiocarbonyl (C=S) groups is 1. The van der Waals surface area contributed by atoms with E-state index in [0.717, 1.165) is 10.6 Å². The molecule has 0 atom stereocenters. The maximum absolute atomic E-state index is 12.7. The van der Waals surface area contributed by atoms with E-state index in [2.05, 4.69) is 5.10 Å². The summed E-state index contributed by atoms with van der Waals surface area (Å²) >= 11 is 14.6. The van der Waals surface area contributed by atoms with Gasteiger partial charge in [-0.1, -0.05) is 53.8 Å². The molecule has 1 amide bonds. The molecule has 29 heavy (non-hydrogen) atoms. The van der Waals surface area contributed by atoms with Crippen molar-refractivity contribution < 1.29 is 14.7 Å². The van der Waals surface area contributed by atoms with E-state index < -0.39 is 5.97 Å². The Morgan fingerprint density at radius 1 is 1.38 bits per heavy atom. The lowest BCUT2D eigenvalue weighted by molar-refractivity contribution is -0.137. The first-order chi connectivity index (χ1) is 13.9.